The van der Waals surface area contributed by atoms with E-state index in [1.807, 2.05) is 4.90 Å². The number of ketones is 1. The molecule has 1 amide bonds. The quantitative estimate of drug-likeness (QED) is 0.689. The Hall–Kier alpha value is -2.11. The van der Waals surface area contributed by atoms with Crippen LogP contribution in [0.1, 0.15) is 34.1 Å². The molecule has 1 saturated heterocycles. The molecule has 0 unspecified atom stereocenters. The Labute approximate surface area is 167 Å². The Balaban J connectivity index is 1.68. The minimum Gasteiger partial charge on any atom is -0.366 e. The number of amides is 1. The number of carbonyl (C=O) groups excluding carboxylic acids is 2. The van der Waals surface area contributed by atoms with Gasteiger partial charge in [-0.1, -0.05) is 30.1 Å². The summed E-state index contributed by atoms with van der Waals surface area (Å²) in [5.74, 6) is -0.675. The molecule has 142 valence electrons. The van der Waals surface area contributed by atoms with Gasteiger partial charge in [0.25, 0.3) is 5.91 Å². The average molecular weight is 409 g/mol. The molecule has 0 aliphatic carbocycles. The number of carbonyl (C=O) groups is 2. The maximum Gasteiger partial charge on any atom is 0.255 e. The van der Waals surface area contributed by atoms with E-state index in [1.165, 1.54) is 6.07 Å². The second-order valence-corrected chi connectivity index (χ2v) is 7.19. The summed E-state index contributed by atoms with van der Waals surface area (Å²) >= 11 is 12.0. The molecule has 2 aromatic carbocycles. The van der Waals surface area contributed by atoms with Gasteiger partial charge >= 0.3 is 0 Å². The van der Waals surface area contributed by atoms with E-state index in [4.69, 9.17) is 23.2 Å². The van der Waals surface area contributed by atoms with Crippen molar-refractivity contribution >= 4 is 40.6 Å². The van der Waals surface area contributed by atoms with Gasteiger partial charge in [-0.2, -0.15) is 0 Å². The van der Waals surface area contributed by atoms with Crippen molar-refractivity contribution in [1.29, 1.82) is 0 Å². The minimum atomic E-state index is -0.421. The van der Waals surface area contributed by atoms with Crippen LogP contribution in [-0.4, -0.2) is 42.8 Å². The van der Waals surface area contributed by atoms with Crippen LogP contribution in [0.25, 0.3) is 0 Å². The summed E-state index contributed by atoms with van der Waals surface area (Å²) in [7, 11) is 0. The molecule has 1 aliphatic heterocycles. The fourth-order valence-corrected chi connectivity index (χ4v) is 3.61. The third-order valence-electron chi connectivity index (χ3n) is 4.66. The first-order valence-corrected chi connectivity index (χ1v) is 9.48. The van der Waals surface area contributed by atoms with Gasteiger partial charge in [0.2, 0.25) is 0 Å². The topological polar surface area (TPSA) is 40.6 Å². The highest BCUT2D eigenvalue weighted by molar-refractivity contribution is 6.36. The predicted octanol–water partition coefficient (Wildman–Crippen LogP) is 4.69. The first kappa shape index (κ1) is 19.6. The van der Waals surface area contributed by atoms with Gasteiger partial charge in [0.1, 0.15) is 5.82 Å². The summed E-state index contributed by atoms with van der Waals surface area (Å²) in [5.41, 5.74) is 1.23. The molecular weight excluding hydrogens is 390 g/mol. The van der Waals surface area contributed by atoms with Crippen molar-refractivity contribution in [1.82, 2.24) is 4.90 Å². The number of anilines is 1. The van der Waals surface area contributed by atoms with E-state index < -0.39 is 5.82 Å². The lowest BCUT2D eigenvalue weighted by Crippen LogP contribution is -2.49. The molecule has 4 nitrogen and oxygen atoms in total. The minimum absolute atomic E-state index is 0.0873. The van der Waals surface area contributed by atoms with Gasteiger partial charge in [-0.3, -0.25) is 9.59 Å². The molecule has 0 bridgehead atoms. The summed E-state index contributed by atoms with van der Waals surface area (Å²) in [6.07, 6.45) is 0.340. The van der Waals surface area contributed by atoms with E-state index in [0.29, 0.717) is 59.5 Å². The number of rotatable bonds is 4. The zero-order valence-electron chi connectivity index (χ0n) is 14.8. The number of benzene rings is 2. The van der Waals surface area contributed by atoms with Crippen LogP contribution in [-0.2, 0) is 0 Å². The molecule has 0 radical (unpaired) electrons. The van der Waals surface area contributed by atoms with Crippen LogP contribution in [0.15, 0.2) is 36.4 Å². The average Bonchev–Trinajstić information content (AvgIpc) is 2.67. The lowest BCUT2D eigenvalue weighted by molar-refractivity contribution is 0.0746. The van der Waals surface area contributed by atoms with E-state index in [2.05, 4.69) is 0 Å². The largest absolute Gasteiger partial charge is 0.366 e. The molecule has 0 saturated carbocycles. The maximum absolute atomic E-state index is 14.4. The number of piperazine rings is 1. The molecule has 7 heteroatoms. The zero-order chi connectivity index (χ0) is 19.6. The number of hydrogen-bond donors (Lipinski definition) is 0. The van der Waals surface area contributed by atoms with Gasteiger partial charge < -0.3 is 9.80 Å². The molecule has 1 fully saturated rings. The monoisotopic (exact) mass is 408 g/mol. The fraction of sp³-hybridized carbons (Fsp3) is 0.300. The summed E-state index contributed by atoms with van der Waals surface area (Å²) in [5, 5.41) is 0.791. The van der Waals surface area contributed by atoms with Crippen LogP contribution in [0.2, 0.25) is 10.0 Å². The lowest BCUT2D eigenvalue weighted by Gasteiger charge is -2.36. The second-order valence-electron chi connectivity index (χ2n) is 6.35. The third kappa shape index (κ3) is 4.25. The van der Waals surface area contributed by atoms with Crippen molar-refractivity contribution in [2.75, 3.05) is 31.1 Å². The molecule has 3 rings (SSSR count). The number of halogens is 3. The van der Waals surface area contributed by atoms with Crippen LogP contribution in [0, 0.1) is 5.82 Å². The second kappa shape index (κ2) is 8.28. The zero-order valence-corrected chi connectivity index (χ0v) is 16.4. The van der Waals surface area contributed by atoms with Crippen LogP contribution in [0.4, 0.5) is 10.1 Å². The van der Waals surface area contributed by atoms with Crippen molar-refractivity contribution in [3.63, 3.8) is 0 Å². The highest BCUT2D eigenvalue weighted by atomic mass is 35.5. The predicted molar refractivity (Wildman–Crippen MR) is 106 cm³/mol. The van der Waals surface area contributed by atoms with Crippen molar-refractivity contribution in [2.24, 2.45) is 0 Å². The molecule has 1 heterocycles. The Morgan fingerprint density at radius 1 is 1.04 bits per heavy atom. The van der Waals surface area contributed by atoms with Gasteiger partial charge in [-0.15, -0.1) is 0 Å². The van der Waals surface area contributed by atoms with Crippen LogP contribution < -0.4 is 4.90 Å². The molecule has 27 heavy (non-hydrogen) atoms. The van der Waals surface area contributed by atoms with E-state index in [9.17, 15) is 14.0 Å². The number of Topliss-reactive ketones (excluding diaryl/α,β-unsaturated/α-hetero) is 1. The third-order valence-corrected chi connectivity index (χ3v) is 5.21. The molecule has 2 aromatic rings. The van der Waals surface area contributed by atoms with Crippen molar-refractivity contribution in [2.45, 2.75) is 13.3 Å². The summed E-state index contributed by atoms with van der Waals surface area (Å²) in [6.45, 7) is 3.64. The summed E-state index contributed by atoms with van der Waals surface area (Å²) in [4.78, 5) is 27.9. The van der Waals surface area contributed by atoms with Crippen LogP contribution in [0.3, 0.4) is 0 Å². The van der Waals surface area contributed by atoms with Gasteiger partial charge in [-0.05, 0) is 36.4 Å². The highest BCUT2D eigenvalue weighted by Gasteiger charge is 2.25. The first-order valence-electron chi connectivity index (χ1n) is 8.72. The number of nitrogens with zero attached hydrogens (tertiary/aromatic N) is 2. The van der Waals surface area contributed by atoms with E-state index in [1.54, 1.807) is 42.2 Å². The summed E-state index contributed by atoms with van der Waals surface area (Å²) < 4.78 is 14.4. The van der Waals surface area contributed by atoms with Gasteiger partial charge in [0.05, 0.1) is 16.3 Å². The highest BCUT2D eigenvalue weighted by Crippen LogP contribution is 2.25. The normalized spacial score (nSPS) is 14.4. The number of hydrogen-bond acceptors (Lipinski definition) is 3. The van der Waals surface area contributed by atoms with Crippen LogP contribution >= 0.6 is 23.2 Å². The van der Waals surface area contributed by atoms with Gasteiger partial charge in [0.15, 0.2) is 5.78 Å². The van der Waals surface area contributed by atoms with Gasteiger partial charge in [-0.25, -0.2) is 4.39 Å². The summed E-state index contributed by atoms with van der Waals surface area (Å²) in [6, 6.07) is 9.35. The molecule has 0 N–H and O–H groups in total. The fourth-order valence-electron chi connectivity index (χ4n) is 3.12. The van der Waals surface area contributed by atoms with E-state index in [-0.39, 0.29) is 11.7 Å². The SMILES string of the molecule is CCC(=O)c1ccc(N2CCN(C(=O)c3ccc(Cl)cc3Cl)CC2)c(F)c1. The Morgan fingerprint density at radius 2 is 1.74 bits per heavy atom. The Bertz CT molecular complexity index is 880. The standard InChI is InChI=1S/C20H19Cl2FN2O2/c1-2-19(26)13-3-6-18(17(23)11-13)24-7-9-25(10-8-24)20(27)15-5-4-14(21)12-16(15)22/h3-6,11-12H,2,7-10H2,1H3. The van der Waals surface area contributed by atoms with Crippen LogP contribution in [0.5, 0.6) is 0 Å². The Kier molecular flexibility index (Phi) is 6.02. The Morgan fingerprint density at radius 3 is 2.33 bits per heavy atom. The first-order chi connectivity index (χ1) is 12.9. The lowest BCUT2D eigenvalue weighted by atomic mass is 10.1. The molecular formula is C20H19Cl2FN2O2. The van der Waals surface area contributed by atoms with Gasteiger partial charge in [0, 0.05) is 43.2 Å². The van der Waals surface area contributed by atoms with Crippen molar-refractivity contribution in [3.8, 4) is 0 Å². The molecule has 0 spiro atoms. The molecule has 0 atom stereocenters. The van der Waals surface area contributed by atoms with E-state index >= 15 is 0 Å². The van der Waals surface area contributed by atoms with Crippen molar-refractivity contribution < 1.29 is 14.0 Å². The molecule has 0 aromatic heterocycles. The molecule has 1 aliphatic rings. The maximum atomic E-state index is 14.4. The van der Waals surface area contributed by atoms with Crippen molar-refractivity contribution in [3.05, 3.63) is 63.4 Å². The van der Waals surface area contributed by atoms with E-state index in [0.717, 1.165) is 0 Å². The smallest absolute Gasteiger partial charge is 0.255 e.